The van der Waals surface area contributed by atoms with E-state index in [2.05, 4.69) is 17.6 Å². The monoisotopic (exact) mass is 381 g/mol. The Labute approximate surface area is 159 Å². The van der Waals surface area contributed by atoms with Gasteiger partial charge in [0.2, 0.25) is 11.8 Å². The maximum atomic E-state index is 13.7. The molecule has 1 aliphatic heterocycles. The number of carbonyl (C=O) groups excluding carboxylic acids is 2. The van der Waals surface area contributed by atoms with Gasteiger partial charge in [-0.1, -0.05) is 25.8 Å². The van der Waals surface area contributed by atoms with Gasteiger partial charge in [-0.3, -0.25) is 14.5 Å². The van der Waals surface area contributed by atoms with E-state index in [1.807, 2.05) is 4.90 Å². The summed E-state index contributed by atoms with van der Waals surface area (Å²) in [4.78, 5) is 26.5. The molecule has 2 amide bonds. The lowest BCUT2D eigenvalue weighted by Gasteiger charge is -2.34. The van der Waals surface area contributed by atoms with E-state index in [1.54, 1.807) is 6.92 Å². The summed E-state index contributed by atoms with van der Waals surface area (Å²) in [5, 5.41) is 5.32. The summed E-state index contributed by atoms with van der Waals surface area (Å²) in [5.41, 5.74) is -0.421. The molecule has 2 N–H and O–H groups in total. The predicted molar refractivity (Wildman–Crippen MR) is 101 cm³/mol. The van der Waals surface area contributed by atoms with Crippen LogP contribution in [0.15, 0.2) is 18.2 Å². The standard InChI is InChI=1S/C20H29F2N3O2/c1-3-4-5-11-23-20(27)15-9-12-25(13-10-15)14(2)19(26)24-18-16(21)7-6-8-17(18)22/h6-8,14-15H,3-5,9-13H2,1-2H3,(H,23,27)(H,24,26). The molecule has 1 fully saturated rings. The van der Waals surface area contributed by atoms with E-state index >= 15 is 0 Å². The van der Waals surface area contributed by atoms with Gasteiger partial charge in [-0.25, -0.2) is 8.78 Å². The van der Waals surface area contributed by atoms with Crippen molar-refractivity contribution in [3.8, 4) is 0 Å². The number of carbonyl (C=O) groups is 2. The lowest BCUT2D eigenvalue weighted by molar-refractivity contribution is -0.127. The van der Waals surface area contributed by atoms with Gasteiger partial charge in [0, 0.05) is 12.5 Å². The van der Waals surface area contributed by atoms with Gasteiger partial charge in [-0.2, -0.15) is 0 Å². The van der Waals surface area contributed by atoms with Gasteiger partial charge >= 0.3 is 0 Å². The van der Waals surface area contributed by atoms with Crippen molar-refractivity contribution in [3.63, 3.8) is 0 Å². The van der Waals surface area contributed by atoms with Crippen LogP contribution in [0.25, 0.3) is 0 Å². The zero-order valence-corrected chi connectivity index (χ0v) is 16.1. The zero-order valence-electron chi connectivity index (χ0n) is 16.1. The molecule has 0 bridgehead atoms. The Kier molecular flexibility index (Phi) is 8.16. The second kappa shape index (κ2) is 10.3. The van der Waals surface area contributed by atoms with Gasteiger partial charge in [0.05, 0.1) is 6.04 Å². The van der Waals surface area contributed by atoms with Crippen molar-refractivity contribution in [1.82, 2.24) is 10.2 Å². The fourth-order valence-electron chi connectivity index (χ4n) is 3.29. The first kappa shape index (κ1) is 21.3. The minimum atomic E-state index is -0.797. The van der Waals surface area contributed by atoms with Gasteiger partial charge in [-0.15, -0.1) is 0 Å². The summed E-state index contributed by atoms with van der Waals surface area (Å²) in [5.74, 6) is -2.01. The van der Waals surface area contributed by atoms with Crippen molar-refractivity contribution in [1.29, 1.82) is 0 Å². The molecule has 0 aromatic heterocycles. The number of rotatable bonds is 8. The predicted octanol–water partition coefficient (Wildman–Crippen LogP) is 3.31. The van der Waals surface area contributed by atoms with E-state index < -0.39 is 29.3 Å². The number of para-hydroxylation sites is 1. The third kappa shape index (κ3) is 5.99. The van der Waals surface area contributed by atoms with Crippen LogP contribution in [0.5, 0.6) is 0 Å². The number of hydrogen-bond donors (Lipinski definition) is 2. The highest BCUT2D eigenvalue weighted by molar-refractivity contribution is 5.94. The largest absolute Gasteiger partial charge is 0.356 e. The topological polar surface area (TPSA) is 61.4 Å². The molecule has 1 atom stereocenters. The molecule has 0 aliphatic carbocycles. The first-order chi connectivity index (χ1) is 12.9. The summed E-state index contributed by atoms with van der Waals surface area (Å²) in [7, 11) is 0. The van der Waals surface area contributed by atoms with Crippen LogP contribution >= 0.6 is 0 Å². The van der Waals surface area contributed by atoms with Gasteiger partial charge in [-0.05, 0) is 51.4 Å². The Morgan fingerprint density at radius 2 is 1.81 bits per heavy atom. The van der Waals surface area contributed by atoms with Crippen LogP contribution in [0.1, 0.15) is 46.0 Å². The highest BCUT2D eigenvalue weighted by Gasteiger charge is 2.30. The van der Waals surface area contributed by atoms with Crippen LogP contribution in [0.2, 0.25) is 0 Å². The second-order valence-electron chi connectivity index (χ2n) is 7.07. The smallest absolute Gasteiger partial charge is 0.241 e. The molecule has 1 heterocycles. The van der Waals surface area contributed by atoms with E-state index in [9.17, 15) is 18.4 Å². The van der Waals surface area contributed by atoms with Crippen LogP contribution in [0.3, 0.4) is 0 Å². The third-order valence-corrected chi connectivity index (χ3v) is 5.12. The van der Waals surface area contributed by atoms with Crippen molar-refractivity contribution in [2.45, 2.75) is 52.0 Å². The number of anilines is 1. The fourth-order valence-corrected chi connectivity index (χ4v) is 3.29. The molecular weight excluding hydrogens is 352 g/mol. The van der Waals surface area contributed by atoms with E-state index in [0.29, 0.717) is 32.5 Å². The molecule has 1 aliphatic rings. The number of amides is 2. The average molecular weight is 381 g/mol. The number of benzene rings is 1. The highest BCUT2D eigenvalue weighted by Crippen LogP contribution is 2.22. The van der Waals surface area contributed by atoms with Gasteiger partial charge in [0.15, 0.2) is 0 Å². The van der Waals surface area contributed by atoms with E-state index in [-0.39, 0.29) is 11.8 Å². The summed E-state index contributed by atoms with van der Waals surface area (Å²) < 4.78 is 27.4. The summed E-state index contributed by atoms with van der Waals surface area (Å²) in [6.45, 7) is 5.73. The van der Waals surface area contributed by atoms with Crippen LogP contribution in [0, 0.1) is 17.6 Å². The Morgan fingerprint density at radius 1 is 1.19 bits per heavy atom. The number of nitrogens with zero attached hydrogens (tertiary/aromatic N) is 1. The zero-order chi connectivity index (χ0) is 19.8. The Bertz CT molecular complexity index is 626. The molecular formula is C20H29F2N3O2. The molecule has 7 heteroatoms. The molecule has 5 nitrogen and oxygen atoms in total. The molecule has 1 aromatic carbocycles. The molecule has 0 spiro atoms. The summed E-state index contributed by atoms with van der Waals surface area (Å²) in [6.07, 6.45) is 4.56. The lowest BCUT2D eigenvalue weighted by Crippen LogP contribution is -2.48. The fraction of sp³-hybridized carbons (Fsp3) is 0.600. The van der Waals surface area contributed by atoms with Gasteiger partial charge in [0.25, 0.3) is 0 Å². The van der Waals surface area contributed by atoms with Crippen LogP contribution in [-0.4, -0.2) is 42.4 Å². The molecule has 1 saturated heterocycles. The number of likely N-dealkylation sites (tertiary alicyclic amines) is 1. The van der Waals surface area contributed by atoms with Crippen molar-refractivity contribution in [2.75, 3.05) is 25.0 Å². The second-order valence-corrected chi connectivity index (χ2v) is 7.07. The Hall–Kier alpha value is -2.02. The number of hydrogen-bond acceptors (Lipinski definition) is 3. The van der Waals surface area contributed by atoms with Crippen molar-refractivity contribution in [3.05, 3.63) is 29.8 Å². The quantitative estimate of drug-likeness (QED) is 0.679. The number of nitrogens with one attached hydrogen (secondary N) is 2. The Balaban J connectivity index is 1.81. The van der Waals surface area contributed by atoms with Gasteiger partial charge in [0.1, 0.15) is 17.3 Å². The van der Waals surface area contributed by atoms with E-state index in [4.69, 9.17) is 0 Å². The van der Waals surface area contributed by atoms with Crippen molar-refractivity contribution < 1.29 is 18.4 Å². The molecule has 2 rings (SSSR count). The molecule has 1 aromatic rings. The minimum absolute atomic E-state index is 0.0397. The SMILES string of the molecule is CCCCCNC(=O)C1CCN(C(C)C(=O)Nc2c(F)cccc2F)CC1. The third-order valence-electron chi connectivity index (χ3n) is 5.12. The van der Waals surface area contributed by atoms with Crippen LogP contribution < -0.4 is 10.6 Å². The van der Waals surface area contributed by atoms with E-state index in [1.165, 1.54) is 6.07 Å². The molecule has 1 unspecified atom stereocenters. The van der Waals surface area contributed by atoms with Gasteiger partial charge < -0.3 is 10.6 Å². The van der Waals surface area contributed by atoms with Crippen molar-refractivity contribution >= 4 is 17.5 Å². The molecule has 27 heavy (non-hydrogen) atoms. The number of halogens is 2. The first-order valence-corrected chi connectivity index (χ1v) is 9.70. The van der Waals surface area contributed by atoms with E-state index in [0.717, 1.165) is 31.4 Å². The Morgan fingerprint density at radius 3 is 2.41 bits per heavy atom. The molecule has 150 valence electrons. The molecule has 0 radical (unpaired) electrons. The number of piperidine rings is 1. The summed E-state index contributed by atoms with van der Waals surface area (Å²) in [6, 6.07) is 2.93. The molecule has 0 saturated carbocycles. The normalized spacial score (nSPS) is 16.7. The van der Waals surface area contributed by atoms with Crippen LogP contribution in [0.4, 0.5) is 14.5 Å². The lowest BCUT2D eigenvalue weighted by atomic mass is 9.95. The maximum absolute atomic E-state index is 13.7. The highest BCUT2D eigenvalue weighted by atomic mass is 19.1. The average Bonchev–Trinajstić information content (AvgIpc) is 2.67. The summed E-state index contributed by atoms with van der Waals surface area (Å²) >= 11 is 0. The van der Waals surface area contributed by atoms with Crippen molar-refractivity contribution in [2.24, 2.45) is 5.92 Å². The number of unbranched alkanes of at least 4 members (excludes halogenated alkanes) is 2. The first-order valence-electron chi connectivity index (χ1n) is 9.70. The minimum Gasteiger partial charge on any atom is -0.356 e. The van der Waals surface area contributed by atoms with Crippen LogP contribution in [-0.2, 0) is 9.59 Å². The maximum Gasteiger partial charge on any atom is 0.241 e.